The van der Waals surface area contributed by atoms with Crippen LogP contribution < -0.4 is 0 Å². The van der Waals surface area contributed by atoms with Gasteiger partial charge in [0.05, 0.1) is 12.0 Å². The highest BCUT2D eigenvalue weighted by molar-refractivity contribution is 5.68. The number of hydrogen-bond donors (Lipinski definition) is 2. The second kappa shape index (κ2) is 3.49. The second-order valence-electron chi connectivity index (χ2n) is 1.55. The normalized spacial score (nSPS) is 11.1. The van der Waals surface area contributed by atoms with Gasteiger partial charge in [-0.25, -0.2) is 0 Å². The van der Waals surface area contributed by atoms with Crippen molar-refractivity contribution in [1.82, 2.24) is 5.01 Å². The molecule has 0 aromatic carbocycles. The summed E-state index contributed by atoms with van der Waals surface area (Å²) in [6.07, 6.45) is 0. The van der Waals surface area contributed by atoms with Gasteiger partial charge in [-0.2, -0.15) is 0 Å². The van der Waals surface area contributed by atoms with Crippen molar-refractivity contribution >= 4 is 5.97 Å². The average Bonchev–Trinajstić information content (AvgIpc) is 1.85. The maximum absolute atomic E-state index is 10.2. The van der Waals surface area contributed by atoms with Gasteiger partial charge >= 0.3 is 5.97 Å². The van der Waals surface area contributed by atoms with Crippen molar-refractivity contribution in [3.8, 4) is 0 Å². The molecule has 0 atom stereocenters. The Balaban J connectivity index is 3.85. The third-order valence-electron chi connectivity index (χ3n) is 0.733. The van der Waals surface area contributed by atoms with Crippen LogP contribution in [0.5, 0.6) is 0 Å². The van der Waals surface area contributed by atoms with E-state index in [1.165, 1.54) is 7.05 Å². The minimum Gasteiger partial charge on any atom is -0.569 e. The largest absolute Gasteiger partial charge is 0.569 e. The standard InChI is InChI=1S/C3H7N3O4/c1-5(2-3(7)8)6(10)4-9/h9H,2H2,1H3,(H,7,8). The van der Waals surface area contributed by atoms with E-state index in [0.717, 1.165) is 0 Å². The Labute approximate surface area is 56.3 Å². The maximum Gasteiger partial charge on any atom is 0.329 e. The van der Waals surface area contributed by atoms with E-state index in [-0.39, 0.29) is 4.97 Å². The second-order valence-corrected chi connectivity index (χ2v) is 1.55. The molecule has 0 amide bonds. The number of aliphatic carboxylic acids is 1. The quantitative estimate of drug-likeness (QED) is 0.313. The first kappa shape index (κ1) is 8.47. The summed E-state index contributed by atoms with van der Waals surface area (Å²) in [5.41, 5.74) is 0. The van der Waals surface area contributed by atoms with Crippen molar-refractivity contribution in [2.45, 2.75) is 0 Å². The molecule has 10 heavy (non-hydrogen) atoms. The van der Waals surface area contributed by atoms with E-state index in [2.05, 4.69) is 5.28 Å². The van der Waals surface area contributed by atoms with E-state index in [1.54, 1.807) is 0 Å². The SMILES string of the molecule is CN(CC(=O)O)[N+]([O-])=NO. The summed E-state index contributed by atoms with van der Waals surface area (Å²) >= 11 is 0. The summed E-state index contributed by atoms with van der Waals surface area (Å²) in [5, 5.41) is 29.0. The molecule has 0 aromatic heterocycles. The Morgan fingerprint density at radius 1 is 1.90 bits per heavy atom. The summed E-state index contributed by atoms with van der Waals surface area (Å²) in [6.45, 7) is -0.506. The fourth-order valence-electron chi connectivity index (χ4n) is 0.325. The number of carboxylic acids is 1. The zero-order valence-electron chi connectivity index (χ0n) is 5.26. The van der Waals surface area contributed by atoms with Gasteiger partial charge in [-0.05, 0) is 0 Å². The molecule has 0 radical (unpaired) electrons. The van der Waals surface area contributed by atoms with Gasteiger partial charge in [-0.3, -0.25) is 4.79 Å². The number of likely N-dealkylation sites (N-methyl/N-ethyl adjacent to an activating group) is 1. The van der Waals surface area contributed by atoms with Crippen LogP contribution in [0.15, 0.2) is 5.28 Å². The van der Waals surface area contributed by atoms with Crippen molar-refractivity contribution in [2.75, 3.05) is 13.6 Å². The molecule has 0 aromatic rings. The maximum atomic E-state index is 10.2. The third kappa shape index (κ3) is 2.70. The van der Waals surface area contributed by atoms with E-state index < -0.39 is 12.5 Å². The number of carbonyl (C=O) groups is 1. The predicted molar refractivity (Wildman–Crippen MR) is 28.1 cm³/mol. The van der Waals surface area contributed by atoms with E-state index >= 15 is 0 Å². The number of carboxylic acid groups (broad SMARTS) is 1. The van der Waals surface area contributed by atoms with Gasteiger partial charge in [0.15, 0.2) is 6.54 Å². The Kier molecular flexibility index (Phi) is 2.95. The lowest BCUT2D eigenvalue weighted by Gasteiger charge is -2.07. The molecule has 0 heterocycles. The Morgan fingerprint density at radius 3 is 2.70 bits per heavy atom. The van der Waals surface area contributed by atoms with Crippen LogP contribution in [-0.4, -0.2) is 39.9 Å². The topological polar surface area (TPSA) is 99.2 Å². The monoisotopic (exact) mass is 149 g/mol. The Morgan fingerprint density at radius 2 is 2.40 bits per heavy atom. The van der Waals surface area contributed by atoms with Gasteiger partial charge in [-0.15, -0.1) is 5.01 Å². The molecule has 0 aliphatic heterocycles. The van der Waals surface area contributed by atoms with Gasteiger partial charge in [0.1, 0.15) is 0 Å². The summed E-state index contributed by atoms with van der Waals surface area (Å²) < 4.78 is 0. The van der Waals surface area contributed by atoms with E-state index in [0.29, 0.717) is 5.01 Å². The van der Waals surface area contributed by atoms with Gasteiger partial charge in [0, 0.05) is 0 Å². The zero-order chi connectivity index (χ0) is 8.15. The number of hydrogen-bond acceptors (Lipinski definition) is 3. The molecule has 0 fully saturated rings. The van der Waals surface area contributed by atoms with Crippen LogP contribution in [0.4, 0.5) is 0 Å². The molecule has 7 nitrogen and oxygen atoms in total. The molecule has 0 aliphatic rings. The molecular weight excluding hydrogens is 142 g/mol. The zero-order valence-corrected chi connectivity index (χ0v) is 5.26. The van der Waals surface area contributed by atoms with Gasteiger partial charge in [-0.1, -0.05) is 0 Å². The van der Waals surface area contributed by atoms with Crippen LogP contribution in [0.1, 0.15) is 0 Å². The number of nitrogens with zero attached hydrogens (tertiary/aromatic N) is 3. The van der Waals surface area contributed by atoms with Gasteiger partial charge in [0.25, 0.3) is 0 Å². The van der Waals surface area contributed by atoms with Crippen LogP contribution in [0, 0.1) is 5.21 Å². The minimum atomic E-state index is -1.17. The fraction of sp³-hybridized carbons (Fsp3) is 0.667. The molecule has 0 saturated heterocycles. The first-order valence-corrected chi connectivity index (χ1v) is 2.33. The molecule has 0 rings (SSSR count). The minimum absolute atomic E-state index is 0.228. The fourth-order valence-corrected chi connectivity index (χ4v) is 0.325. The van der Waals surface area contributed by atoms with E-state index in [1.807, 2.05) is 0 Å². The summed E-state index contributed by atoms with van der Waals surface area (Å²) in [7, 11) is 1.18. The van der Waals surface area contributed by atoms with Crippen molar-refractivity contribution in [3.63, 3.8) is 0 Å². The first-order valence-electron chi connectivity index (χ1n) is 2.33. The van der Waals surface area contributed by atoms with Gasteiger partial charge in [0.2, 0.25) is 5.28 Å². The molecule has 2 N–H and O–H groups in total. The van der Waals surface area contributed by atoms with E-state index in [4.69, 9.17) is 10.3 Å². The predicted octanol–water partition coefficient (Wildman–Crippen LogP) is -0.730. The molecule has 7 heteroatoms. The van der Waals surface area contributed by atoms with Crippen molar-refractivity contribution in [1.29, 1.82) is 0 Å². The average molecular weight is 149 g/mol. The molecule has 0 bridgehead atoms. The summed E-state index contributed by atoms with van der Waals surface area (Å²) in [6, 6.07) is 0. The van der Waals surface area contributed by atoms with Crippen LogP contribution in [0.3, 0.4) is 0 Å². The van der Waals surface area contributed by atoms with Crippen molar-refractivity contribution in [2.24, 2.45) is 5.28 Å². The lowest BCUT2D eigenvalue weighted by molar-refractivity contribution is -0.701. The van der Waals surface area contributed by atoms with Crippen LogP contribution >= 0.6 is 0 Å². The van der Waals surface area contributed by atoms with Crippen LogP contribution in [0.2, 0.25) is 0 Å². The number of rotatable bonds is 3. The van der Waals surface area contributed by atoms with E-state index in [9.17, 15) is 10.0 Å². The van der Waals surface area contributed by atoms with Crippen molar-refractivity contribution in [3.05, 3.63) is 5.21 Å². The molecule has 58 valence electrons. The molecule has 0 saturated carbocycles. The lowest BCUT2D eigenvalue weighted by Crippen LogP contribution is -2.31. The Bertz CT molecular complexity index is 156. The smallest absolute Gasteiger partial charge is 0.329 e. The van der Waals surface area contributed by atoms with Crippen molar-refractivity contribution < 1.29 is 20.1 Å². The molecular formula is C3H7N3O4. The highest BCUT2D eigenvalue weighted by atomic mass is 16.6. The molecule has 0 aliphatic carbocycles. The molecule has 0 spiro atoms. The summed E-state index contributed by atoms with van der Waals surface area (Å²) in [5.74, 6) is -1.17. The highest BCUT2D eigenvalue weighted by Gasteiger charge is 2.09. The lowest BCUT2D eigenvalue weighted by atomic mass is 10.7. The Hall–Kier alpha value is -1.53. The third-order valence-corrected chi connectivity index (χ3v) is 0.733. The van der Waals surface area contributed by atoms with Crippen LogP contribution in [-0.2, 0) is 4.79 Å². The molecule has 0 unspecified atom stereocenters. The van der Waals surface area contributed by atoms with Gasteiger partial charge < -0.3 is 15.5 Å². The highest BCUT2D eigenvalue weighted by Crippen LogP contribution is 1.82. The first-order chi connectivity index (χ1) is 4.57. The summed E-state index contributed by atoms with van der Waals surface area (Å²) in [4.78, 5) is 9.67. The van der Waals surface area contributed by atoms with Crippen LogP contribution in [0.25, 0.3) is 0 Å². The number of hydrazine groups is 1.